The number of aromatic nitrogens is 1. The van der Waals surface area contributed by atoms with Crippen molar-refractivity contribution in [2.75, 3.05) is 11.9 Å². The van der Waals surface area contributed by atoms with Gasteiger partial charge in [0.1, 0.15) is 5.60 Å². The summed E-state index contributed by atoms with van der Waals surface area (Å²) in [5.41, 5.74) is 0.987. The predicted molar refractivity (Wildman–Crippen MR) is 89.8 cm³/mol. The van der Waals surface area contributed by atoms with Gasteiger partial charge >= 0.3 is 12.1 Å². The molecule has 0 unspecified atom stereocenters. The van der Waals surface area contributed by atoms with E-state index in [9.17, 15) is 9.59 Å². The Morgan fingerprint density at radius 1 is 1.30 bits per heavy atom. The van der Waals surface area contributed by atoms with E-state index in [1.807, 2.05) is 18.2 Å². The van der Waals surface area contributed by atoms with Gasteiger partial charge in [-0.15, -0.1) is 0 Å². The van der Waals surface area contributed by atoms with Crippen LogP contribution in [-0.2, 0) is 20.7 Å². The highest BCUT2D eigenvalue weighted by Crippen LogP contribution is 2.27. The van der Waals surface area contributed by atoms with E-state index in [1.54, 1.807) is 27.7 Å². The van der Waals surface area contributed by atoms with E-state index >= 15 is 0 Å². The average Bonchev–Trinajstić information content (AvgIpc) is 2.77. The molecule has 0 radical (unpaired) electrons. The molecule has 0 bridgehead atoms. The van der Waals surface area contributed by atoms with Crippen molar-refractivity contribution in [2.24, 2.45) is 0 Å². The standard InChI is InChI=1S/C16H20N2O4S/c1-5-21-13(19)9-10-6-7-12-11(8-10)17-14(23-12)18-15(20)22-16(2,3)4/h6-8H,5,9H2,1-4H3,(H,17,18,20). The van der Waals surface area contributed by atoms with Gasteiger partial charge in [0.05, 0.1) is 23.2 Å². The zero-order valence-corrected chi connectivity index (χ0v) is 14.5. The molecule has 124 valence electrons. The van der Waals surface area contributed by atoms with E-state index in [4.69, 9.17) is 9.47 Å². The molecule has 23 heavy (non-hydrogen) atoms. The molecule has 1 aromatic heterocycles. The molecule has 0 spiro atoms. The fourth-order valence-corrected chi connectivity index (χ4v) is 2.74. The zero-order valence-electron chi connectivity index (χ0n) is 13.6. The lowest BCUT2D eigenvalue weighted by Crippen LogP contribution is -2.27. The summed E-state index contributed by atoms with van der Waals surface area (Å²) >= 11 is 1.35. The summed E-state index contributed by atoms with van der Waals surface area (Å²) in [5.74, 6) is -0.269. The lowest BCUT2D eigenvalue weighted by molar-refractivity contribution is -0.142. The first-order valence-corrected chi connectivity index (χ1v) is 8.13. The topological polar surface area (TPSA) is 77.5 Å². The largest absolute Gasteiger partial charge is 0.466 e. The number of carbonyl (C=O) groups is 2. The Labute approximate surface area is 138 Å². The lowest BCUT2D eigenvalue weighted by atomic mass is 10.1. The van der Waals surface area contributed by atoms with Crippen molar-refractivity contribution in [2.45, 2.75) is 39.7 Å². The molecule has 6 nitrogen and oxygen atoms in total. The van der Waals surface area contributed by atoms with E-state index < -0.39 is 11.7 Å². The molecule has 0 aliphatic rings. The summed E-state index contributed by atoms with van der Waals surface area (Å²) in [6, 6.07) is 5.56. The second-order valence-electron chi connectivity index (χ2n) is 5.93. The molecule has 1 aromatic carbocycles. The summed E-state index contributed by atoms with van der Waals surface area (Å²) < 4.78 is 11.0. The lowest BCUT2D eigenvalue weighted by Gasteiger charge is -2.18. The van der Waals surface area contributed by atoms with Crippen LogP contribution < -0.4 is 5.32 Å². The van der Waals surface area contributed by atoms with Gasteiger partial charge in [0.2, 0.25) is 0 Å². The summed E-state index contributed by atoms with van der Waals surface area (Å²) in [6.07, 6.45) is -0.334. The van der Waals surface area contributed by atoms with Crippen LogP contribution in [0.25, 0.3) is 10.2 Å². The molecule has 0 aliphatic heterocycles. The number of amides is 1. The van der Waals surface area contributed by atoms with Gasteiger partial charge < -0.3 is 9.47 Å². The maximum Gasteiger partial charge on any atom is 0.413 e. The molecule has 0 saturated heterocycles. The molecule has 1 heterocycles. The van der Waals surface area contributed by atoms with Crippen molar-refractivity contribution >= 4 is 38.7 Å². The first-order chi connectivity index (χ1) is 10.8. The smallest absolute Gasteiger partial charge is 0.413 e. The normalized spacial score (nSPS) is 11.3. The van der Waals surface area contributed by atoms with Gasteiger partial charge in [-0.25, -0.2) is 9.78 Å². The van der Waals surface area contributed by atoms with E-state index in [2.05, 4.69) is 10.3 Å². The van der Waals surface area contributed by atoms with Gasteiger partial charge in [0.25, 0.3) is 0 Å². The first-order valence-electron chi connectivity index (χ1n) is 7.32. The molecule has 0 atom stereocenters. The third-order valence-electron chi connectivity index (χ3n) is 2.71. The first kappa shape index (κ1) is 17.2. The van der Waals surface area contributed by atoms with Crippen LogP contribution in [0, 0.1) is 0 Å². The maximum atomic E-state index is 11.8. The Morgan fingerprint density at radius 3 is 2.70 bits per heavy atom. The molecule has 0 saturated carbocycles. The number of carbonyl (C=O) groups excluding carboxylic acids is 2. The van der Waals surface area contributed by atoms with Crippen molar-refractivity contribution in [1.82, 2.24) is 4.98 Å². The number of hydrogen-bond donors (Lipinski definition) is 1. The molecular weight excluding hydrogens is 316 g/mol. The van der Waals surface area contributed by atoms with Crippen molar-refractivity contribution in [1.29, 1.82) is 0 Å². The SMILES string of the molecule is CCOC(=O)Cc1ccc2sc(NC(=O)OC(C)(C)C)nc2c1. The minimum Gasteiger partial charge on any atom is -0.466 e. The molecule has 7 heteroatoms. The predicted octanol–water partition coefficient (Wildman–Crippen LogP) is 3.75. The third-order valence-corrected chi connectivity index (χ3v) is 3.67. The van der Waals surface area contributed by atoms with E-state index in [-0.39, 0.29) is 12.4 Å². The number of nitrogens with one attached hydrogen (secondary N) is 1. The Morgan fingerprint density at radius 2 is 2.04 bits per heavy atom. The number of fused-ring (bicyclic) bond motifs is 1. The van der Waals surface area contributed by atoms with Crippen molar-refractivity contribution < 1.29 is 19.1 Å². The van der Waals surface area contributed by atoms with Crippen LogP contribution in [0.4, 0.5) is 9.93 Å². The molecule has 2 aromatic rings. The number of anilines is 1. The average molecular weight is 336 g/mol. The van der Waals surface area contributed by atoms with Gasteiger partial charge in [-0.1, -0.05) is 17.4 Å². The maximum absolute atomic E-state index is 11.8. The Kier molecular flexibility index (Phi) is 5.20. The molecule has 0 fully saturated rings. The van der Waals surface area contributed by atoms with E-state index in [0.29, 0.717) is 11.7 Å². The number of thiazole rings is 1. The van der Waals surface area contributed by atoms with Crippen molar-refractivity contribution in [3.63, 3.8) is 0 Å². The minimum absolute atomic E-state index is 0.204. The van der Waals surface area contributed by atoms with Crippen LogP contribution in [0.15, 0.2) is 18.2 Å². The van der Waals surface area contributed by atoms with Gasteiger partial charge in [-0.05, 0) is 45.4 Å². The molecule has 1 N–H and O–H groups in total. The summed E-state index contributed by atoms with van der Waals surface area (Å²) in [4.78, 5) is 27.6. The van der Waals surface area contributed by atoms with Crippen LogP contribution >= 0.6 is 11.3 Å². The second kappa shape index (κ2) is 6.95. The molecule has 1 amide bonds. The highest BCUT2D eigenvalue weighted by Gasteiger charge is 2.17. The van der Waals surface area contributed by atoms with Gasteiger partial charge in [0, 0.05) is 0 Å². The number of nitrogens with zero attached hydrogens (tertiary/aromatic N) is 1. The van der Waals surface area contributed by atoms with Crippen LogP contribution in [0.3, 0.4) is 0 Å². The fraction of sp³-hybridized carbons (Fsp3) is 0.438. The number of benzene rings is 1. The summed E-state index contributed by atoms with van der Waals surface area (Å²) in [7, 11) is 0. The zero-order chi connectivity index (χ0) is 17.0. The third kappa shape index (κ3) is 5.21. The highest BCUT2D eigenvalue weighted by molar-refractivity contribution is 7.22. The Hall–Kier alpha value is -2.15. The number of rotatable bonds is 4. The van der Waals surface area contributed by atoms with Gasteiger partial charge in [0.15, 0.2) is 5.13 Å². The minimum atomic E-state index is -0.562. The highest BCUT2D eigenvalue weighted by atomic mass is 32.1. The summed E-state index contributed by atoms with van der Waals surface area (Å²) in [6.45, 7) is 7.53. The van der Waals surface area contributed by atoms with Gasteiger partial charge in [-0.2, -0.15) is 0 Å². The van der Waals surface area contributed by atoms with Crippen LogP contribution in [0.1, 0.15) is 33.3 Å². The fourth-order valence-electron chi connectivity index (χ4n) is 1.91. The monoisotopic (exact) mass is 336 g/mol. The van der Waals surface area contributed by atoms with Crippen molar-refractivity contribution in [3.8, 4) is 0 Å². The number of esters is 1. The van der Waals surface area contributed by atoms with Gasteiger partial charge in [-0.3, -0.25) is 10.1 Å². The van der Waals surface area contributed by atoms with E-state index in [0.717, 1.165) is 15.8 Å². The quantitative estimate of drug-likeness (QED) is 0.860. The van der Waals surface area contributed by atoms with Crippen LogP contribution in [0.2, 0.25) is 0 Å². The molecular formula is C16H20N2O4S. The van der Waals surface area contributed by atoms with Crippen LogP contribution in [0.5, 0.6) is 0 Å². The Bertz CT molecular complexity index is 718. The number of ether oxygens (including phenoxy) is 2. The van der Waals surface area contributed by atoms with E-state index in [1.165, 1.54) is 11.3 Å². The Balaban J connectivity index is 2.10. The molecule has 2 rings (SSSR count). The van der Waals surface area contributed by atoms with Crippen molar-refractivity contribution in [3.05, 3.63) is 23.8 Å². The number of hydrogen-bond acceptors (Lipinski definition) is 6. The second-order valence-corrected chi connectivity index (χ2v) is 6.96. The molecule has 0 aliphatic carbocycles. The summed E-state index contributed by atoms with van der Waals surface area (Å²) in [5, 5.41) is 3.08. The van der Waals surface area contributed by atoms with Crippen LogP contribution in [-0.4, -0.2) is 29.3 Å².